The number of carbonyl (C=O) groups is 4. The number of aromatic hydroxyl groups is 1. The van der Waals surface area contributed by atoms with E-state index in [4.69, 9.17) is 24.7 Å². The molecule has 4 atom stereocenters. The molecule has 0 aliphatic carbocycles. The Kier molecular flexibility index (Phi) is 6.00. The zero-order valence-electron chi connectivity index (χ0n) is 14.8. The first-order valence-corrected chi connectivity index (χ1v) is 7.80. The van der Waals surface area contributed by atoms with Crippen molar-refractivity contribution in [3.63, 3.8) is 0 Å². The van der Waals surface area contributed by atoms with Gasteiger partial charge in [-0.2, -0.15) is 0 Å². The molecule has 1 aliphatic rings. The zero-order valence-corrected chi connectivity index (χ0v) is 14.8. The van der Waals surface area contributed by atoms with Gasteiger partial charge in [0, 0.05) is 20.8 Å². The van der Waals surface area contributed by atoms with Crippen molar-refractivity contribution in [2.75, 3.05) is 6.61 Å². The molecule has 3 N–H and O–H groups in total. The number of nitrogens with two attached hydrogens (primary N) is 1. The van der Waals surface area contributed by atoms with Gasteiger partial charge >= 0.3 is 17.9 Å². The lowest BCUT2D eigenvalue weighted by Crippen LogP contribution is -2.40. The maximum absolute atomic E-state index is 11.6. The molecule has 12 nitrogen and oxygen atoms in total. The highest BCUT2D eigenvalue weighted by molar-refractivity contribution is 5.93. The number of rotatable bonds is 6. The van der Waals surface area contributed by atoms with Crippen molar-refractivity contribution >= 4 is 23.8 Å². The Morgan fingerprint density at radius 2 is 1.74 bits per heavy atom. The highest BCUT2D eigenvalue weighted by atomic mass is 16.7. The smallest absolute Gasteiger partial charge is 0.303 e. The summed E-state index contributed by atoms with van der Waals surface area (Å²) in [5.41, 5.74) is 4.85. The van der Waals surface area contributed by atoms with Gasteiger partial charge < -0.3 is 29.8 Å². The van der Waals surface area contributed by atoms with Gasteiger partial charge in [0.15, 0.2) is 24.1 Å². The van der Waals surface area contributed by atoms with Crippen molar-refractivity contribution in [1.29, 1.82) is 0 Å². The molecule has 1 amide bonds. The van der Waals surface area contributed by atoms with Crippen LogP contribution in [0.4, 0.5) is 0 Å². The lowest BCUT2D eigenvalue weighted by atomic mass is 10.1. The van der Waals surface area contributed by atoms with Crippen molar-refractivity contribution in [2.24, 2.45) is 5.73 Å². The lowest BCUT2D eigenvalue weighted by molar-refractivity contribution is -0.166. The van der Waals surface area contributed by atoms with E-state index >= 15 is 0 Å². The molecule has 2 heterocycles. The Morgan fingerprint density at radius 3 is 2.26 bits per heavy atom. The predicted molar refractivity (Wildman–Crippen MR) is 84.1 cm³/mol. The van der Waals surface area contributed by atoms with E-state index in [1.165, 1.54) is 6.92 Å². The zero-order chi connectivity index (χ0) is 20.3. The third-order valence-electron chi connectivity index (χ3n) is 3.62. The Hall–Kier alpha value is -3.15. The lowest BCUT2D eigenvalue weighted by Gasteiger charge is -2.24. The first-order chi connectivity index (χ1) is 12.6. The quantitative estimate of drug-likeness (QED) is 0.458. The molecular formula is C15H19N3O9. The molecule has 0 radical (unpaired) electrons. The summed E-state index contributed by atoms with van der Waals surface area (Å²) in [4.78, 5) is 49.3. The second kappa shape index (κ2) is 8.03. The summed E-state index contributed by atoms with van der Waals surface area (Å²) >= 11 is 0. The number of ether oxygens (including phenoxy) is 4. The Labute approximate surface area is 153 Å². The first kappa shape index (κ1) is 20.2. The third-order valence-corrected chi connectivity index (χ3v) is 3.62. The van der Waals surface area contributed by atoms with Crippen molar-refractivity contribution < 1.29 is 43.2 Å². The maximum atomic E-state index is 11.6. The average Bonchev–Trinajstić information content (AvgIpc) is 3.06. The number of esters is 3. The second-order valence-electron chi connectivity index (χ2n) is 5.70. The van der Waals surface area contributed by atoms with Crippen LogP contribution >= 0.6 is 0 Å². The van der Waals surface area contributed by atoms with Crippen LogP contribution in [-0.2, 0) is 33.3 Å². The predicted octanol–water partition coefficient (Wildman–Crippen LogP) is -0.988. The molecule has 27 heavy (non-hydrogen) atoms. The highest BCUT2D eigenvalue weighted by Crippen LogP contribution is 2.36. The van der Waals surface area contributed by atoms with Crippen LogP contribution in [0.5, 0.6) is 5.88 Å². The number of imidazole rings is 1. The summed E-state index contributed by atoms with van der Waals surface area (Å²) in [7, 11) is 0. The maximum Gasteiger partial charge on any atom is 0.303 e. The van der Waals surface area contributed by atoms with Gasteiger partial charge in [-0.1, -0.05) is 0 Å². The average molecular weight is 385 g/mol. The number of carbonyl (C=O) groups excluding carboxylic acids is 4. The van der Waals surface area contributed by atoms with Crippen molar-refractivity contribution in [2.45, 2.75) is 45.3 Å². The highest BCUT2D eigenvalue weighted by Gasteiger charge is 2.51. The molecule has 1 aromatic rings. The SMILES string of the molecule is CC(=O)OC[C@H]1O[C@@H](n2cnc(O)c2C(N)=O)[C@H](OC(C)=O)[C@@H]1OC(C)=O. The minimum Gasteiger partial charge on any atom is -0.492 e. The van der Waals surface area contributed by atoms with Gasteiger partial charge in [-0.05, 0) is 0 Å². The Balaban J connectivity index is 2.44. The fraction of sp³-hybridized carbons (Fsp3) is 0.533. The molecule has 1 aromatic heterocycles. The summed E-state index contributed by atoms with van der Waals surface area (Å²) in [6.45, 7) is 3.13. The largest absolute Gasteiger partial charge is 0.492 e. The number of nitrogens with zero attached hydrogens (tertiary/aromatic N) is 2. The molecule has 0 spiro atoms. The molecule has 1 fully saturated rings. The minimum absolute atomic E-state index is 0.311. The fourth-order valence-corrected chi connectivity index (χ4v) is 2.70. The summed E-state index contributed by atoms with van der Waals surface area (Å²) in [6, 6.07) is 0. The monoisotopic (exact) mass is 385 g/mol. The van der Waals surface area contributed by atoms with E-state index in [0.717, 1.165) is 24.7 Å². The number of hydrogen-bond acceptors (Lipinski definition) is 10. The van der Waals surface area contributed by atoms with Crippen LogP contribution in [0.15, 0.2) is 6.33 Å². The number of aromatic nitrogens is 2. The van der Waals surface area contributed by atoms with E-state index in [9.17, 15) is 24.3 Å². The molecule has 0 saturated carbocycles. The normalized spacial score (nSPS) is 24.3. The van der Waals surface area contributed by atoms with E-state index in [1.807, 2.05) is 0 Å². The first-order valence-electron chi connectivity index (χ1n) is 7.80. The van der Waals surface area contributed by atoms with Crippen LogP contribution in [-0.4, -0.2) is 63.4 Å². The van der Waals surface area contributed by atoms with Gasteiger partial charge in [0.1, 0.15) is 19.0 Å². The van der Waals surface area contributed by atoms with E-state index < -0.39 is 59.9 Å². The second-order valence-corrected chi connectivity index (χ2v) is 5.70. The fourth-order valence-electron chi connectivity index (χ4n) is 2.70. The summed E-state index contributed by atoms with van der Waals surface area (Å²) < 4.78 is 22.0. The van der Waals surface area contributed by atoms with Crippen LogP contribution < -0.4 is 5.73 Å². The standard InChI is InChI=1S/C15H19N3O9/c1-6(19)24-4-9-11(25-7(2)20)12(26-8(3)21)15(27-9)18-5-17-14(23)10(18)13(16)22/h5,9,11-12,15,23H,4H2,1-3H3,(H2,16,22)/t9-,11-,12-,15-/m1/s1. The van der Waals surface area contributed by atoms with E-state index in [1.54, 1.807) is 0 Å². The molecule has 0 aromatic carbocycles. The summed E-state index contributed by atoms with van der Waals surface area (Å²) in [5.74, 6) is -3.68. The van der Waals surface area contributed by atoms with E-state index in [-0.39, 0.29) is 6.61 Å². The third kappa shape index (κ3) is 4.53. The minimum atomic E-state index is -1.23. The van der Waals surface area contributed by atoms with E-state index in [0.29, 0.717) is 0 Å². The molecule has 0 bridgehead atoms. The number of primary amides is 1. The van der Waals surface area contributed by atoms with Gasteiger partial charge in [0.05, 0.1) is 0 Å². The molecular weight excluding hydrogens is 366 g/mol. The Morgan fingerprint density at radius 1 is 1.15 bits per heavy atom. The van der Waals surface area contributed by atoms with Crippen LogP contribution in [0, 0.1) is 0 Å². The van der Waals surface area contributed by atoms with Gasteiger partial charge in [-0.25, -0.2) is 4.98 Å². The van der Waals surface area contributed by atoms with Gasteiger partial charge in [-0.15, -0.1) is 0 Å². The number of amides is 1. The molecule has 1 saturated heterocycles. The topological polar surface area (TPSA) is 169 Å². The Bertz CT molecular complexity index is 760. The molecule has 12 heteroatoms. The summed E-state index contributed by atoms with van der Waals surface area (Å²) in [6.07, 6.45) is -3.57. The summed E-state index contributed by atoms with van der Waals surface area (Å²) in [5, 5.41) is 9.73. The molecule has 0 unspecified atom stereocenters. The van der Waals surface area contributed by atoms with Gasteiger partial charge in [0.2, 0.25) is 5.88 Å². The van der Waals surface area contributed by atoms with Crippen LogP contribution in [0.3, 0.4) is 0 Å². The van der Waals surface area contributed by atoms with Crippen LogP contribution in [0.2, 0.25) is 0 Å². The van der Waals surface area contributed by atoms with Crippen molar-refractivity contribution in [3.8, 4) is 5.88 Å². The molecule has 148 valence electrons. The van der Waals surface area contributed by atoms with Gasteiger partial charge in [-0.3, -0.25) is 23.7 Å². The van der Waals surface area contributed by atoms with Crippen LogP contribution in [0.1, 0.15) is 37.5 Å². The molecule has 1 aliphatic heterocycles. The molecule has 2 rings (SSSR count). The van der Waals surface area contributed by atoms with Crippen molar-refractivity contribution in [1.82, 2.24) is 9.55 Å². The number of hydrogen-bond donors (Lipinski definition) is 2. The van der Waals surface area contributed by atoms with Crippen molar-refractivity contribution in [3.05, 3.63) is 12.0 Å². The van der Waals surface area contributed by atoms with E-state index in [2.05, 4.69) is 4.98 Å². The van der Waals surface area contributed by atoms with Gasteiger partial charge in [0.25, 0.3) is 5.91 Å². The van der Waals surface area contributed by atoms with Crippen LogP contribution in [0.25, 0.3) is 0 Å².